The van der Waals surface area contributed by atoms with Crippen LogP contribution in [-0.2, 0) is 4.79 Å². The Labute approximate surface area is 138 Å². The van der Waals surface area contributed by atoms with Crippen molar-refractivity contribution < 1.29 is 14.3 Å². The van der Waals surface area contributed by atoms with Crippen molar-refractivity contribution in [3.05, 3.63) is 47.2 Å². The van der Waals surface area contributed by atoms with E-state index in [9.17, 15) is 9.59 Å². The van der Waals surface area contributed by atoms with Crippen LogP contribution in [0.2, 0.25) is 5.02 Å². The summed E-state index contributed by atoms with van der Waals surface area (Å²) in [6.07, 6.45) is 1.52. The standard InChI is InChI=1S/C16H16ClN3O3/c1-3-23-14-5-4-8-18-15(14)16(22)20-11-6-7-12(17)13(9-11)19-10(2)21/h4-9H,3H2,1-2H3,(H,19,21)(H,20,22). The van der Waals surface area contributed by atoms with E-state index in [-0.39, 0.29) is 11.6 Å². The average Bonchev–Trinajstić information content (AvgIpc) is 2.51. The Morgan fingerprint density at radius 2 is 2.04 bits per heavy atom. The minimum Gasteiger partial charge on any atom is -0.491 e. The number of nitrogens with zero attached hydrogens (tertiary/aromatic N) is 1. The monoisotopic (exact) mass is 333 g/mol. The van der Waals surface area contributed by atoms with Gasteiger partial charge in [0.2, 0.25) is 5.91 Å². The lowest BCUT2D eigenvalue weighted by Crippen LogP contribution is -2.16. The molecule has 2 N–H and O–H groups in total. The first-order valence-corrected chi connectivity index (χ1v) is 7.35. The van der Waals surface area contributed by atoms with Crippen LogP contribution in [0, 0.1) is 0 Å². The van der Waals surface area contributed by atoms with Gasteiger partial charge >= 0.3 is 0 Å². The van der Waals surface area contributed by atoms with Crippen LogP contribution in [0.15, 0.2) is 36.5 Å². The Hall–Kier alpha value is -2.60. The molecule has 0 fully saturated rings. The maximum Gasteiger partial charge on any atom is 0.278 e. The molecular weight excluding hydrogens is 318 g/mol. The zero-order valence-corrected chi connectivity index (χ0v) is 13.5. The first kappa shape index (κ1) is 16.8. The smallest absolute Gasteiger partial charge is 0.278 e. The molecule has 7 heteroatoms. The van der Waals surface area contributed by atoms with Crippen LogP contribution in [-0.4, -0.2) is 23.4 Å². The van der Waals surface area contributed by atoms with Gasteiger partial charge in [-0.05, 0) is 37.3 Å². The van der Waals surface area contributed by atoms with Gasteiger partial charge in [-0.3, -0.25) is 9.59 Å². The van der Waals surface area contributed by atoms with E-state index in [1.807, 2.05) is 6.92 Å². The number of halogens is 1. The average molecular weight is 334 g/mol. The molecule has 2 aromatic rings. The first-order valence-electron chi connectivity index (χ1n) is 6.97. The van der Waals surface area contributed by atoms with Gasteiger partial charge in [-0.25, -0.2) is 4.98 Å². The summed E-state index contributed by atoms with van der Waals surface area (Å²) in [6.45, 7) is 3.64. The molecular formula is C16H16ClN3O3. The van der Waals surface area contributed by atoms with Crippen LogP contribution >= 0.6 is 11.6 Å². The highest BCUT2D eigenvalue weighted by Crippen LogP contribution is 2.26. The molecule has 0 aliphatic heterocycles. The number of aromatic nitrogens is 1. The molecule has 1 aromatic carbocycles. The number of hydrogen-bond acceptors (Lipinski definition) is 4. The third-order valence-corrected chi connectivity index (χ3v) is 3.15. The van der Waals surface area contributed by atoms with Crippen LogP contribution in [0.4, 0.5) is 11.4 Å². The molecule has 1 heterocycles. The van der Waals surface area contributed by atoms with E-state index in [1.165, 1.54) is 13.1 Å². The van der Waals surface area contributed by atoms with E-state index in [1.54, 1.807) is 30.3 Å². The summed E-state index contributed by atoms with van der Waals surface area (Å²) in [5.74, 6) is -0.257. The zero-order chi connectivity index (χ0) is 16.8. The molecule has 0 atom stereocenters. The van der Waals surface area contributed by atoms with Crippen LogP contribution in [0.25, 0.3) is 0 Å². The predicted octanol–water partition coefficient (Wildman–Crippen LogP) is 3.34. The van der Waals surface area contributed by atoms with E-state index in [0.29, 0.717) is 28.8 Å². The number of benzene rings is 1. The quantitative estimate of drug-likeness (QED) is 0.879. The minimum absolute atomic E-state index is 0.186. The van der Waals surface area contributed by atoms with Gasteiger partial charge in [-0.2, -0.15) is 0 Å². The van der Waals surface area contributed by atoms with Crippen LogP contribution < -0.4 is 15.4 Å². The molecule has 6 nitrogen and oxygen atoms in total. The number of anilines is 2. The first-order chi connectivity index (χ1) is 11.0. The number of carbonyl (C=O) groups is 2. The Morgan fingerprint density at radius 3 is 2.74 bits per heavy atom. The van der Waals surface area contributed by atoms with Crippen molar-refractivity contribution in [1.29, 1.82) is 0 Å². The van der Waals surface area contributed by atoms with E-state index in [4.69, 9.17) is 16.3 Å². The maximum atomic E-state index is 12.4. The minimum atomic E-state index is -0.412. The van der Waals surface area contributed by atoms with Crippen molar-refractivity contribution in [3.63, 3.8) is 0 Å². The number of rotatable bonds is 5. The Morgan fingerprint density at radius 1 is 1.26 bits per heavy atom. The van der Waals surface area contributed by atoms with Crippen molar-refractivity contribution in [1.82, 2.24) is 4.98 Å². The maximum absolute atomic E-state index is 12.4. The number of amides is 2. The fraction of sp³-hybridized carbons (Fsp3) is 0.188. The molecule has 0 saturated heterocycles. The molecule has 2 rings (SSSR count). The van der Waals surface area contributed by atoms with Crippen LogP contribution in [0.3, 0.4) is 0 Å². The molecule has 0 aliphatic carbocycles. The molecule has 0 aliphatic rings. The number of pyridine rings is 1. The van der Waals surface area contributed by atoms with Crippen molar-refractivity contribution >= 4 is 34.8 Å². The zero-order valence-electron chi connectivity index (χ0n) is 12.7. The fourth-order valence-electron chi connectivity index (χ4n) is 1.91. The summed E-state index contributed by atoms with van der Waals surface area (Å²) >= 11 is 6.00. The van der Waals surface area contributed by atoms with Crippen molar-refractivity contribution in [2.45, 2.75) is 13.8 Å². The number of hydrogen-bond donors (Lipinski definition) is 2. The van der Waals surface area contributed by atoms with Crippen LogP contribution in [0.5, 0.6) is 5.75 Å². The lowest BCUT2D eigenvalue weighted by molar-refractivity contribution is -0.114. The van der Waals surface area contributed by atoms with Gasteiger partial charge in [-0.1, -0.05) is 11.6 Å². The Bertz CT molecular complexity index is 734. The summed E-state index contributed by atoms with van der Waals surface area (Å²) < 4.78 is 5.39. The highest BCUT2D eigenvalue weighted by atomic mass is 35.5. The summed E-state index contributed by atoms with van der Waals surface area (Å²) in [5, 5.41) is 5.68. The summed E-state index contributed by atoms with van der Waals surface area (Å²) in [6, 6.07) is 8.17. The SMILES string of the molecule is CCOc1cccnc1C(=O)Nc1ccc(Cl)c(NC(C)=O)c1. The topological polar surface area (TPSA) is 80.3 Å². The lowest BCUT2D eigenvalue weighted by Gasteiger charge is -2.11. The van der Waals surface area contributed by atoms with Crippen molar-refractivity contribution in [2.75, 3.05) is 17.2 Å². The largest absolute Gasteiger partial charge is 0.491 e. The van der Waals surface area contributed by atoms with Crippen molar-refractivity contribution in [2.24, 2.45) is 0 Å². The third-order valence-electron chi connectivity index (χ3n) is 2.82. The van der Waals surface area contributed by atoms with E-state index in [0.717, 1.165) is 0 Å². The van der Waals surface area contributed by atoms with Gasteiger partial charge < -0.3 is 15.4 Å². The van der Waals surface area contributed by atoms with Crippen LogP contribution in [0.1, 0.15) is 24.3 Å². The van der Waals surface area contributed by atoms with Gasteiger partial charge in [0, 0.05) is 18.8 Å². The highest BCUT2D eigenvalue weighted by Gasteiger charge is 2.14. The number of nitrogens with one attached hydrogen (secondary N) is 2. The molecule has 23 heavy (non-hydrogen) atoms. The molecule has 2 amide bonds. The lowest BCUT2D eigenvalue weighted by atomic mass is 10.2. The Kier molecular flexibility index (Phi) is 5.54. The predicted molar refractivity (Wildman–Crippen MR) is 89.1 cm³/mol. The molecule has 0 bridgehead atoms. The highest BCUT2D eigenvalue weighted by molar-refractivity contribution is 6.33. The number of ether oxygens (including phenoxy) is 1. The van der Waals surface area contributed by atoms with E-state index >= 15 is 0 Å². The summed E-state index contributed by atoms with van der Waals surface area (Å²) in [5.41, 5.74) is 1.09. The molecule has 1 aromatic heterocycles. The molecule has 0 unspecified atom stereocenters. The normalized spacial score (nSPS) is 10.0. The fourth-order valence-corrected chi connectivity index (χ4v) is 2.08. The second-order valence-electron chi connectivity index (χ2n) is 4.61. The molecule has 120 valence electrons. The third kappa shape index (κ3) is 4.43. The summed E-state index contributed by atoms with van der Waals surface area (Å²) in [4.78, 5) is 27.6. The van der Waals surface area contributed by atoms with Crippen molar-refractivity contribution in [3.8, 4) is 5.75 Å². The van der Waals surface area contributed by atoms with E-state index in [2.05, 4.69) is 15.6 Å². The molecule has 0 radical (unpaired) electrons. The Balaban J connectivity index is 2.22. The summed E-state index contributed by atoms with van der Waals surface area (Å²) in [7, 11) is 0. The van der Waals surface area contributed by atoms with Gasteiger partial charge in [0.05, 0.1) is 17.3 Å². The second-order valence-corrected chi connectivity index (χ2v) is 5.02. The van der Waals surface area contributed by atoms with Gasteiger partial charge in [0.25, 0.3) is 5.91 Å². The molecule has 0 spiro atoms. The molecule has 0 saturated carbocycles. The van der Waals surface area contributed by atoms with Gasteiger partial charge in [-0.15, -0.1) is 0 Å². The van der Waals surface area contributed by atoms with Gasteiger partial charge in [0.15, 0.2) is 11.4 Å². The number of carbonyl (C=O) groups excluding carboxylic acids is 2. The van der Waals surface area contributed by atoms with Gasteiger partial charge in [0.1, 0.15) is 0 Å². The van der Waals surface area contributed by atoms with E-state index < -0.39 is 5.91 Å². The second kappa shape index (κ2) is 7.60.